The molecule has 1 unspecified atom stereocenters. The molecule has 0 bridgehead atoms. The number of methoxy groups -OCH3 is 1. The highest BCUT2D eigenvalue weighted by molar-refractivity contribution is 5.97. The minimum Gasteiger partial charge on any atom is -0.385 e. The van der Waals surface area contributed by atoms with Gasteiger partial charge in [0.1, 0.15) is 0 Å². The normalized spacial score (nSPS) is 12.4. The maximum atomic E-state index is 11.9. The molecule has 88 valence electrons. The van der Waals surface area contributed by atoms with Gasteiger partial charge in [-0.15, -0.1) is 0 Å². The second kappa shape index (κ2) is 6.40. The Bertz CT molecular complexity index is 350. The highest BCUT2D eigenvalue weighted by Crippen LogP contribution is 2.11. The molecule has 0 saturated heterocycles. The van der Waals surface area contributed by atoms with E-state index in [1.54, 1.807) is 7.11 Å². The molecule has 0 saturated carbocycles. The van der Waals surface area contributed by atoms with Crippen LogP contribution in [0.4, 0.5) is 0 Å². The Morgan fingerprint density at radius 1 is 1.44 bits per heavy atom. The number of hydrogen-bond donors (Lipinski definition) is 1. The standard InChI is InChI=1S/C13H19NO2/c1-10-5-3-4-6-12(10)13(15)9-11(14)7-8-16-2/h3-6,11H,7-9,14H2,1-2H3. The second-order valence-corrected chi connectivity index (χ2v) is 3.98. The van der Waals surface area contributed by atoms with Crippen molar-refractivity contribution in [1.82, 2.24) is 0 Å². The minimum absolute atomic E-state index is 0.113. The number of ketones is 1. The summed E-state index contributed by atoms with van der Waals surface area (Å²) in [4.78, 5) is 11.9. The zero-order valence-corrected chi connectivity index (χ0v) is 9.90. The summed E-state index contributed by atoms with van der Waals surface area (Å²) >= 11 is 0. The van der Waals surface area contributed by atoms with Crippen molar-refractivity contribution >= 4 is 5.78 Å². The van der Waals surface area contributed by atoms with Crippen LogP contribution in [0.25, 0.3) is 0 Å². The number of hydrogen-bond acceptors (Lipinski definition) is 3. The van der Waals surface area contributed by atoms with E-state index in [0.29, 0.717) is 19.4 Å². The van der Waals surface area contributed by atoms with E-state index in [2.05, 4.69) is 0 Å². The molecule has 1 rings (SSSR count). The minimum atomic E-state index is -0.118. The quantitative estimate of drug-likeness (QED) is 0.747. The van der Waals surface area contributed by atoms with Crippen LogP contribution in [0, 0.1) is 6.92 Å². The number of carbonyl (C=O) groups excluding carboxylic acids is 1. The lowest BCUT2D eigenvalue weighted by atomic mass is 9.99. The van der Waals surface area contributed by atoms with Crippen LogP contribution in [0.2, 0.25) is 0 Å². The Kier molecular flexibility index (Phi) is 5.15. The van der Waals surface area contributed by atoms with Crippen LogP contribution in [0.15, 0.2) is 24.3 Å². The summed E-state index contributed by atoms with van der Waals surface area (Å²) in [5, 5.41) is 0. The Balaban J connectivity index is 2.56. The molecule has 1 atom stereocenters. The first-order valence-corrected chi connectivity index (χ1v) is 5.48. The predicted molar refractivity (Wildman–Crippen MR) is 64.6 cm³/mol. The lowest BCUT2D eigenvalue weighted by molar-refractivity contribution is 0.0966. The first kappa shape index (κ1) is 12.9. The van der Waals surface area contributed by atoms with Gasteiger partial charge in [-0.1, -0.05) is 24.3 Å². The fraction of sp³-hybridized carbons (Fsp3) is 0.462. The fourth-order valence-electron chi connectivity index (χ4n) is 1.61. The van der Waals surface area contributed by atoms with Crippen molar-refractivity contribution in [2.45, 2.75) is 25.8 Å². The molecule has 3 nitrogen and oxygen atoms in total. The number of benzene rings is 1. The van der Waals surface area contributed by atoms with E-state index in [1.807, 2.05) is 31.2 Å². The predicted octanol–water partition coefficient (Wildman–Crippen LogP) is 1.93. The van der Waals surface area contributed by atoms with E-state index in [0.717, 1.165) is 11.1 Å². The van der Waals surface area contributed by atoms with E-state index < -0.39 is 0 Å². The third kappa shape index (κ3) is 3.76. The molecule has 1 aromatic rings. The number of aryl methyl sites for hydroxylation is 1. The molecule has 0 heterocycles. The molecule has 0 aromatic heterocycles. The Labute approximate surface area is 96.6 Å². The molecule has 2 N–H and O–H groups in total. The number of rotatable bonds is 6. The SMILES string of the molecule is COCCC(N)CC(=O)c1ccccc1C. The van der Waals surface area contributed by atoms with Gasteiger partial charge < -0.3 is 10.5 Å². The molecule has 0 aliphatic heterocycles. The zero-order valence-electron chi connectivity index (χ0n) is 9.90. The van der Waals surface area contributed by atoms with Gasteiger partial charge in [0.05, 0.1) is 0 Å². The highest BCUT2D eigenvalue weighted by atomic mass is 16.5. The van der Waals surface area contributed by atoms with Crippen molar-refractivity contribution in [1.29, 1.82) is 0 Å². The summed E-state index contributed by atoms with van der Waals surface area (Å²) < 4.78 is 4.93. The average Bonchev–Trinajstić information content (AvgIpc) is 2.26. The van der Waals surface area contributed by atoms with Crippen LogP contribution in [0.3, 0.4) is 0 Å². The van der Waals surface area contributed by atoms with E-state index in [9.17, 15) is 4.79 Å². The second-order valence-electron chi connectivity index (χ2n) is 3.98. The Hall–Kier alpha value is -1.19. The summed E-state index contributed by atoms with van der Waals surface area (Å²) in [6.07, 6.45) is 1.10. The molecular weight excluding hydrogens is 202 g/mol. The van der Waals surface area contributed by atoms with Crippen LogP contribution in [-0.2, 0) is 4.74 Å². The average molecular weight is 221 g/mol. The van der Waals surface area contributed by atoms with E-state index >= 15 is 0 Å². The smallest absolute Gasteiger partial charge is 0.164 e. The van der Waals surface area contributed by atoms with E-state index in [4.69, 9.17) is 10.5 Å². The van der Waals surface area contributed by atoms with Crippen molar-refractivity contribution < 1.29 is 9.53 Å². The molecule has 0 aliphatic rings. The molecule has 0 fully saturated rings. The highest BCUT2D eigenvalue weighted by Gasteiger charge is 2.12. The first-order valence-electron chi connectivity index (χ1n) is 5.48. The van der Waals surface area contributed by atoms with Gasteiger partial charge >= 0.3 is 0 Å². The molecule has 0 spiro atoms. The van der Waals surface area contributed by atoms with Crippen LogP contribution >= 0.6 is 0 Å². The topological polar surface area (TPSA) is 52.3 Å². The van der Waals surface area contributed by atoms with Crippen molar-refractivity contribution in [3.63, 3.8) is 0 Å². The van der Waals surface area contributed by atoms with Crippen molar-refractivity contribution in [2.24, 2.45) is 5.73 Å². The monoisotopic (exact) mass is 221 g/mol. The van der Waals surface area contributed by atoms with Gasteiger partial charge in [0.15, 0.2) is 5.78 Å². The van der Waals surface area contributed by atoms with Crippen LogP contribution < -0.4 is 5.73 Å². The van der Waals surface area contributed by atoms with Crippen molar-refractivity contribution in [3.05, 3.63) is 35.4 Å². The lowest BCUT2D eigenvalue weighted by Gasteiger charge is -2.11. The lowest BCUT2D eigenvalue weighted by Crippen LogP contribution is -2.25. The van der Waals surface area contributed by atoms with Crippen molar-refractivity contribution in [2.75, 3.05) is 13.7 Å². The molecule has 0 amide bonds. The third-order valence-electron chi connectivity index (χ3n) is 2.59. The summed E-state index contributed by atoms with van der Waals surface area (Å²) in [6.45, 7) is 2.54. The zero-order chi connectivity index (χ0) is 12.0. The van der Waals surface area contributed by atoms with Gasteiger partial charge in [0, 0.05) is 31.7 Å². The molecule has 1 aromatic carbocycles. The molecule has 16 heavy (non-hydrogen) atoms. The molecule has 0 radical (unpaired) electrons. The van der Waals surface area contributed by atoms with Gasteiger partial charge in [-0.3, -0.25) is 4.79 Å². The maximum Gasteiger partial charge on any atom is 0.164 e. The van der Waals surface area contributed by atoms with Crippen LogP contribution in [0.5, 0.6) is 0 Å². The Morgan fingerprint density at radius 3 is 2.75 bits per heavy atom. The molecule has 0 aliphatic carbocycles. The molecular formula is C13H19NO2. The van der Waals surface area contributed by atoms with Gasteiger partial charge in [0.25, 0.3) is 0 Å². The number of nitrogens with two attached hydrogens (primary N) is 1. The fourth-order valence-corrected chi connectivity index (χ4v) is 1.61. The van der Waals surface area contributed by atoms with Gasteiger partial charge in [-0.25, -0.2) is 0 Å². The maximum absolute atomic E-state index is 11.9. The van der Waals surface area contributed by atoms with Gasteiger partial charge in [-0.2, -0.15) is 0 Å². The Morgan fingerprint density at radius 2 is 2.12 bits per heavy atom. The summed E-state index contributed by atoms with van der Waals surface area (Å²) in [5.74, 6) is 0.113. The number of Topliss-reactive ketones (excluding diaryl/α,β-unsaturated/α-hetero) is 1. The molecule has 3 heteroatoms. The summed E-state index contributed by atoms with van der Waals surface area (Å²) in [7, 11) is 1.63. The van der Waals surface area contributed by atoms with Gasteiger partial charge in [-0.05, 0) is 18.9 Å². The van der Waals surface area contributed by atoms with Crippen molar-refractivity contribution in [3.8, 4) is 0 Å². The summed E-state index contributed by atoms with van der Waals surface area (Å²) in [5.41, 5.74) is 7.63. The van der Waals surface area contributed by atoms with Crippen LogP contribution in [0.1, 0.15) is 28.8 Å². The number of carbonyl (C=O) groups is 1. The van der Waals surface area contributed by atoms with E-state index in [-0.39, 0.29) is 11.8 Å². The first-order chi connectivity index (χ1) is 7.65. The van der Waals surface area contributed by atoms with E-state index in [1.165, 1.54) is 0 Å². The third-order valence-corrected chi connectivity index (χ3v) is 2.59. The summed E-state index contributed by atoms with van der Waals surface area (Å²) in [6, 6.07) is 7.47. The van der Waals surface area contributed by atoms with Gasteiger partial charge in [0.2, 0.25) is 0 Å². The largest absolute Gasteiger partial charge is 0.385 e. The number of ether oxygens (including phenoxy) is 1. The van der Waals surface area contributed by atoms with Crippen LogP contribution in [-0.4, -0.2) is 25.5 Å².